The lowest BCUT2D eigenvalue weighted by Gasteiger charge is -2.51. The molecule has 2 heterocycles. The summed E-state index contributed by atoms with van der Waals surface area (Å²) in [4.78, 5) is 2.10. The number of fused-ring (bicyclic) bond motifs is 1. The fourth-order valence-corrected chi connectivity index (χ4v) is 2.80. The first-order valence-electron chi connectivity index (χ1n) is 5.36. The number of piperidine rings is 2. The predicted molar refractivity (Wildman–Crippen MR) is 51.8 cm³/mol. The molecule has 0 spiro atoms. The third-order valence-corrected chi connectivity index (χ3v) is 3.67. The summed E-state index contributed by atoms with van der Waals surface area (Å²) in [6, 6.07) is 0.00894. The Kier molecular flexibility index (Phi) is 2.55. The largest absolute Gasteiger partial charge is 0.389 e. The van der Waals surface area contributed by atoms with E-state index in [4.69, 9.17) is 0 Å². The zero-order valence-electron chi connectivity index (χ0n) is 8.56. The Morgan fingerprint density at radius 2 is 2.00 bits per heavy atom. The van der Waals surface area contributed by atoms with Crippen LogP contribution < -0.4 is 0 Å². The molecule has 3 N–H and O–H groups in total. The fourth-order valence-electron chi connectivity index (χ4n) is 2.80. The van der Waals surface area contributed by atoms with Crippen molar-refractivity contribution in [1.82, 2.24) is 4.90 Å². The zero-order chi connectivity index (χ0) is 10.3. The van der Waals surface area contributed by atoms with Crippen LogP contribution in [0.2, 0.25) is 0 Å². The van der Waals surface area contributed by atoms with Gasteiger partial charge in [-0.05, 0) is 26.3 Å². The summed E-state index contributed by atoms with van der Waals surface area (Å²) in [6.07, 6.45) is 1.30. The van der Waals surface area contributed by atoms with E-state index in [2.05, 4.69) is 4.90 Å². The van der Waals surface area contributed by atoms with Crippen LogP contribution in [-0.2, 0) is 0 Å². The summed E-state index contributed by atoms with van der Waals surface area (Å²) in [5.41, 5.74) is -1.17. The van der Waals surface area contributed by atoms with E-state index in [0.29, 0.717) is 6.54 Å². The fraction of sp³-hybridized carbons (Fsp3) is 1.00. The van der Waals surface area contributed by atoms with E-state index >= 15 is 0 Å². The van der Waals surface area contributed by atoms with Gasteiger partial charge >= 0.3 is 0 Å². The van der Waals surface area contributed by atoms with Crippen LogP contribution in [0.5, 0.6) is 0 Å². The van der Waals surface area contributed by atoms with E-state index in [1.54, 1.807) is 6.92 Å². The second-order valence-corrected chi connectivity index (χ2v) is 4.74. The molecule has 0 aromatic carbocycles. The van der Waals surface area contributed by atoms with Gasteiger partial charge in [-0.3, -0.25) is 4.90 Å². The van der Waals surface area contributed by atoms with Crippen LogP contribution in [0.25, 0.3) is 0 Å². The van der Waals surface area contributed by atoms with Gasteiger partial charge in [0.2, 0.25) is 0 Å². The van der Waals surface area contributed by atoms with Crippen molar-refractivity contribution in [2.45, 2.75) is 50.0 Å². The topological polar surface area (TPSA) is 63.9 Å². The minimum Gasteiger partial charge on any atom is -0.389 e. The molecule has 2 rings (SSSR count). The highest BCUT2D eigenvalue weighted by Gasteiger charge is 2.50. The molecule has 0 saturated carbocycles. The molecule has 0 aromatic heterocycles. The lowest BCUT2D eigenvalue weighted by atomic mass is 9.78. The van der Waals surface area contributed by atoms with Crippen molar-refractivity contribution in [1.29, 1.82) is 0 Å². The third-order valence-electron chi connectivity index (χ3n) is 3.67. The van der Waals surface area contributed by atoms with E-state index in [1.165, 1.54) is 0 Å². The van der Waals surface area contributed by atoms with Gasteiger partial charge in [0.05, 0.1) is 6.10 Å². The van der Waals surface area contributed by atoms with Crippen molar-refractivity contribution in [3.8, 4) is 0 Å². The molecule has 0 bridgehead atoms. The van der Waals surface area contributed by atoms with Crippen LogP contribution >= 0.6 is 0 Å². The van der Waals surface area contributed by atoms with Gasteiger partial charge in [-0.1, -0.05) is 6.42 Å². The van der Waals surface area contributed by atoms with Gasteiger partial charge in [-0.25, -0.2) is 0 Å². The van der Waals surface area contributed by atoms with E-state index < -0.39 is 17.8 Å². The molecule has 0 radical (unpaired) electrons. The normalized spacial score (nSPS) is 50.1. The van der Waals surface area contributed by atoms with E-state index in [-0.39, 0.29) is 6.04 Å². The average molecular weight is 201 g/mol. The van der Waals surface area contributed by atoms with Gasteiger partial charge in [-0.2, -0.15) is 0 Å². The molecule has 2 saturated heterocycles. The van der Waals surface area contributed by atoms with Gasteiger partial charge in [-0.15, -0.1) is 0 Å². The zero-order valence-corrected chi connectivity index (χ0v) is 8.56. The highest BCUT2D eigenvalue weighted by Crippen LogP contribution is 2.33. The highest BCUT2D eigenvalue weighted by atomic mass is 16.4. The first kappa shape index (κ1) is 10.4. The van der Waals surface area contributed by atoms with E-state index in [9.17, 15) is 15.3 Å². The average Bonchev–Trinajstić information content (AvgIpc) is 2.15. The molecule has 0 aromatic rings. The molecule has 4 heteroatoms. The summed E-state index contributed by atoms with van der Waals surface area (Å²) >= 11 is 0. The summed E-state index contributed by atoms with van der Waals surface area (Å²) < 4.78 is 0. The molecule has 4 atom stereocenters. The summed E-state index contributed by atoms with van der Waals surface area (Å²) in [5.74, 6) is 0. The van der Waals surface area contributed by atoms with Crippen molar-refractivity contribution in [2.75, 3.05) is 13.1 Å². The number of hydrogen-bond donors (Lipinski definition) is 3. The first-order chi connectivity index (χ1) is 6.53. The van der Waals surface area contributed by atoms with Gasteiger partial charge < -0.3 is 15.3 Å². The Morgan fingerprint density at radius 3 is 2.71 bits per heavy atom. The second kappa shape index (κ2) is 3.45. The summed E-state index contributed by atoms with van der Waals surface area (Å²) in [7, 11) is 0. The van der Waals surface area contributed by atoms with Crippen molar-refractivity contribution < 1.29 is 15.3 Å². The van der Waals surface area contributed by atoms with Crippen LogP contribution in [0.4, 0.5) is 0 Å². The lowest BCUT2D eigenvalue weighted by Crippen LogP contribution is -2.68. The highest BCUT2D eigenvalue weighted by molar-refractivity contribution is 5.04. The predicted octanol–water partition coefficient (Wildman–Crippen LogP) is -0.673. The molecule has 0 unspecified atom stereocenters. The molecular weight excluding hydrogens is 182 g/mol. The molecule has 2 aliphatic rings. The van der Waals surface area contributed by atoms with Crippen molar-refractivity contribution in [3.05, 3.63) is 0 Å². The molecule has 0 amide bonds. The van der Waals surface area contributed by atoms with Crippen molar-refractivity contribution >= 4 is 0 Å². The smallest absolute Gasteiger partial charge is 0.111 e. The SMILES string of the molecule is C[C@]1(O)[C@@H]2CCCCN2C[C@@H](O)[C@@H]1O. The van der Waals surface area contributed by atoms with Gasteiger partial charge in [0.15, 0.2) is 0 Å². The molecule has 2 aliphatic heterocycles. The molecule has 4 nitrogen and oxygen atoms in total. The van der Waals surface area contributed by atoms with Crippen molar-refractivity contribution in [2.24, 2.45) is 0 Å². The Balaban J connectivity index is 2.19. The Morgan fingerprint density at radius 1 is 1.29 bits per heavy atom. The minimum atomic E-state index is -1.17. The number of aliphatic hydroxyl groups is 3. The van der Waals surface area contributed by atoms with E-state index in [0.717, 1.165) is 25.8 Å². The second-order valence-electron chi connectivity index (χ2n) is 4.74. The Bertz CT molecular complexity index is 219. The molecule has 14 heavy (non-hydrogen) atoms. The van der Waals surface area contributed by atoms with E-state index in [1.807, 2.05) is 0 Å². The lowest BCUT2D eigenvalue weighted by molar-refractivity contribution is -0.196. The van der Waals surface area contributed by atoms with Gasteiger partial charge in [0.1, 0.15) is 11.7 Å². The minimum absolute atomic E-state index is 0.00894. The summed E-state index contributed by atoms with van der Waals surface area (Å²) in [5, 5.41) is 29.5. The maximum Gasteiger partial charge on any atom is 0.111 e. The third kappa shape index (κ3) is 1.46. The van der Waals surface area contributed by atoms with Crippen LogP contribution in [0.1, 0.15) is 26.2 Å². The standard InChI is InChI=1S/C10H19NO3/c1-10(14)8-4-2-3-5-11(8)6-7(12)9(10)13/h7-9,12-14H,2-6H2,1H3/t7-,8+,9+,10+/m1/s1. The molecule has 2 fully saturated rings. The maximum absolute atomic E-state index is 10.2. The molecular formula is C10H19NO3. The number of rotatable bonds is 0. The van der Waals surface area contributed by atoms with Crippen LogP contribution in [0, 0.1) is 0 Å². The first-order valence-corrected chi connectivity index (χ1v) is 5.36. The molecule has 0 aliphatic carbocycles. The van der Waals surface area contributed by atoms with Crippen LogP contribution in [0.3, 0.4) is 0 Å². The van der Waals surface area contributed by atoms with Gasteiger partial charge in [0, 0.05) is 12.6 Å². The van der Waals surface area contributed by atoms with Crippen LogP contribution in [0.15, 0.2) is 0 Å². The maximum atomic E-state index is 10.2. The monoisotopic (exact) mass is 201 g/mol. The molecule has 82 valence electrons. The Labute approximate surface area is 84.2 Å². The quantitative estimate of drug-likeness (QED) is 0.486. The number of aliphatic hydroxyl groups excluding tert-OH is 2. The van der Waals surface area contributed by atoms with Crippen LogP contribution in [-0.4, -0.2) is 57.2 Å². The number of nitrogens with zero attached hydrogens (tertiary/aromatic N) is 1. The number of hydrogen-bond acceptors (Lipinski definition) is 4. The van der Waals surface area contributed by atoms with Gasteiger partial charge in [0.25, 0.3) is 0 Å². The summed E-state index contributed by atoms with van der Waals surface area (Å²) in [6.45, 7) is 3.04. The van der Waals surface area contributed by atoms with Crippen molar-refractivity contribution in [3.63, 3.8) is 0 Å². The Hall–Kier alpha value is -0.160.